The van der Waals surface area contributed by atoms with Crippen LogP contribution in [-0.2, 0) is 24.0 Å². The zero-order valence-corrected chi connectivity index (χ0v) is 24.6. The maximum Gasteiger partial charge on any atom is 0.248 e. The molecule has 3 atom stereocenters. The molecule has 3 N–H and O–H groups in total. The molecular formula is C31H49N3O5. The van der Waals surface area contributed by atoms with Gasteiger partial charge >= 0.3 is 0 Å². The van der Waals surface area contributed by atoms with Gasteiger partial charge in [0.15, 0.2) is 6.29 Å². The quantitative estimate of drug-likeness (QED) is 0.195. The minimum atomic E-state index is -1.59. The lowest BCUT2D eigenvalue weighted by Gasteiger charge is -2.39. The SMILES string of the molecule is CC(C)CNNC(=O)[C@@](CC(C)C)(C(=O)CC(C)C)[C@H](C/C=C/c1ccccc1)C(=O)NOC1CCCCO1. The van der Waals surface area contributed by atoms with Crippen molar-refractivity contribution in [2.45, 2.75) is 86.4 Å². The molecule has 1 aliphatic heterocycles. The van der Waals surface area contributed by atoms with E-state index in [1.54, 1.807) is 0 Å². The summed E-state index contributed by atoms with van der Waals surface area (Å²) < 4.78 is 5.61. The zero-order chi connectivity index (χ0) is 28.8. The average molecular weight is 544 g/mol. The van der Waals surface area contributed by atoms with Gasteiger partial charge in [-0.1, -0.05) is 84.0 Å². The summed E-state index contributed by atoms with van der Waals surface area (Å²) in [6, 6.07) is 9.73. The van der Waals surface area contributed by atoms with Crippen molar-refractivity contribution in [1.29, 1.82) is 0 Å². The molecule has 0 aliphatic carbocycles. The van der Waals surface area contributed by atoms with Crippen LogP contribution in [0.25, 0.3) is 6.08 Å². The van der Waals surface area contributed by atoms with Crippen LogP contribution >= 0.6 is 0 Å². The van der Waals surface area contributed by atoms with Gasteiger partial charge in [0, 0.05) is 26.0 Å². The normalized spacial score (nSPS) is 18.3. The van der Waals surface area contributed by atoms with E-state index in [0.717, 1.165) is 18.4 Å². The topological polar surface area (TPSA) is 106 Å². The Hall–Kier alpha value is -2.55. The van der Waals surface area contributed by atoms with Gasteiger partial charge in [-0.25, -0.2) is 15.7 Å². The molecule has 0 saturated carbocycles. The number of Topliss-reactive ketones (excluding diaryl/α,β-unsaturated/α-hetero) is 1. The third kappa shape index (κ3) is 10.5. The second-order valence-electron chi connectivity index (χ2n) is 11.8. The number of ether oxygens (including phenoxy) is 1. The predicted octanol–water partition coefficient (Wildman–Crippen LogP) is 5.21. The third-order valence-corrected chi connectivity index (χ3v) is 6.76. The van der Waals surface area contributed by atoms with Gasteiger partial charge in [-0.2, -0.15) is 0 Å². The number of hydrazine groups is 1. The third-order valence-electron chi connectivity index (χ3n) is 6.76. The monoisotopic (exact) mass is 543 g/mol. The molecular weight excluding hydrogens is 494 g/mol. The number of rotatable bonds is 16. The van der Waals surface area contributed by atoms with E-state index in [4.69, 9.17) is 9.57 Å². The molecule has 1 saturated heterocycles. The number of ketones is 1. The first kappa shape index (κ1) is 32.7. The maximum absolute atomic E-state index is 14.1. The van der Waals surface area contributed by atoms with E-state index >= 15 is 0 Å². The second kappa shape index (κ2) is 16.5. The minimum Gasteiger partial charge on any atom is -0.350 e. The Morgan fingerprint density at radius 2 is 1.74 bits per heavy atom. The van der Waals surface area contributed by atoms with Crippen LogP contribution in [0, 0.1) is 29.1 Å². The number of amides is 2. The van der Waals surface area contributed by atoms with Crippen molar-refractivity contribution in [3.63, 3.8) is 0 Å². The molecule has 1 aromatic carbocycles. The molecule has 2 amide bonds. The lowest BCUT2D eigenvalue weighted by Crippen LogP contribution is -2.59. The standard InChI is InChI=1S/C31H49N3O5/c1-22(2)19-27(35)31(20-23(3)4,30(37)33-32-21-24(5)6)26(16-12-15-25-13-8-7-9-14-25)29(36)34-39-28-17-10-11-18-38-28/h7-9,12-15,22-24,26,28,32H,10-11,16-21H2,1-6H3,(H,33,37)(H,34,36)/b15-12+/t26-,28?,31-/m1/s1. The highest BCUT2D eigenvalue weighted by molar-refractivity contribution is 6.09. The van der Waals surface area contributed by atoms with Crippen LogP contribution in [0.5, 0.6) is 0 Å². The highest BCUT2D eigenvalue weighted by Crippen LogP contribution is 2.41. The van der Waals surface area contributed by atoms with Crippen molar-refractivity contribution in [1.82, 2.24) is 16.3 Å². The van der Waals surface area contributed by atoms with E-state index in [1.807, 2.05) is 84.0 Å². The van der Waals surface area contributed by atoms with Crippen LogP contribution < -0.4 is 16.3 Å². The Morgan fingerprint density at radius 3 is 2.33 bits per heavy atom. The van der Waals surface area contributed by atoms with Crippen LogP contribution in [0.1, 0.15) is 85.6 Å². The number of carbonyl (C=O) groups is 3. The van der Waals surface area contributed by atoms with Crippen molar-refractivity contribution in [2.75, 3.05) is 13.2 Å². The maximum atomic E-state index is 14.1. The van der Waals surface area contributed by atoms with Crippen LogP contribution in [0.15, 0.2) is 36.4 Å². The molecule has 1 aliphatic rings. The smallest absolute Gasteiger partial charge is 0.248 e. The molecule has 1 unspecified atom stereocenters. The Labute approximate surface area is 234 Å². The van der Waals surface area contributed by atoms with E-state index in [2.05, 4.69) is 16.3 Å². The summed E-state index contributed by atoms with van der Waals surface area (Å²) in [6.07, 6.45) is 6.38. The van der Waals surface area contributed by atoms with Crippen LogP contribution in [0.2, 0.25) is 0 Å². The van der Waals surface area contributed by atoms with Crippen molar-refractivity contribution in [2.24, 2.45) is 29.1 Å². The summed E-state index contributed by atoms with van der Waals surface area (Å²) in [4.78, 5) is 47.6. The highest BCUT2D eigenvalue weighted by Gasteiger charge is 2.54. The van der Waals surface area contributed by atoms with Gasteiger partial charge in [0.1, 0.15) is 11.2 Å². The van der Waals surface area contributed by atoms with Gasteiger partial charge in [-0.05, 0) is 49.0 Å². The molecule has 1 aromatic rings. The molecule has 8 heteroatoms. The number of allylic oxidation sites excluding steroid dienone is 1. The molecule has 0 radical (unpaired) electrons. The molecule has 0 bridgehead atoms. The number of nitrogens with one attached hydrogen (secondary N) is 3. The molecule has 8 nitrogen and oxygen atoms in total. The van der Waals surface area contributed by atoms with Gasteiger partial charge in [0.05, 0.1) is 5.92 Å². The number of benzene rings is 1. The Morgan fingerprint density at radius 1 is 1.03 bits per heavy atom. The average Bonchev–Trinajstić information content (AvgIpc) is 2.89. The summed E-state index contributed by atoms with van der Waals surface area (Å²) >= 11 is 0. The van der Waals surface area contributed by atoms with E-state index in [1.165, 1.54) is 0 Å². The molecule has 1 heterocycles. The lowest BCUT2D eigenvalue weighted by molar-refractivity contribution is -0.204. The van der Waals surface area contributed by atoms with Crippen molar-refractivity contribution < 1.29 is 24.0 Å². The number of hydrogen-bond acceptors (Lipinski definition) is 6. The van der Waals surface area contributed by atoms with Crippen LogP contribution in [0.3, 0.4) is 0 Å². The van der Waals surface area contributed by atoms with E-state index in [9.17, 15) is 14.4 Å². The van der Waals surface area contributed by atoms with E-state index in [0.29, 0.717) is 19.6 Å². The Balaban J connectivity index is 2.49. The molecule has 39 heavy (non-hydrogen) atoms. The first-order valence-corrected chi connectivity index (χ1v) is 14.4. The summed E-state index contributed by atoms with van der Waals surface area (Å²) in [5.74, 6) is -1.92. The first-order valence-electron chi connectivity index (χ1n) is 14.4. The first-order chi connectivity index (χ1) is 18.6. The lowest BCUT2D eigenvalue weighted by atomic mass is 9.63. The van der Waals surface area contributed by atoms with Gasteiger partial charge < -0.3 is 4.74 Å². The molecule has 218 valence electrons. The summed E-state index contributed by atoms with van der Waals surface area (Å²) in [7, 11) is 0. The van der Waals surface area contributed by atoms with Crippen molar-refractivity contribution in [3.8, 4) is 0 Å². The van der Waals surface area contributed by atoms with Crippen LogP contribution in [-0.4, -0.2) is 37.0 Å². The number of carbonyl (C=O) groups excluding carboxylic acids is 3. The number of hydrogen-bond donors (Lipinski definition) is 3. The van der Waals surface area contributed by atoms with Crippen molar-refractivity contribution in [3.05, 3.63) is 42.0 Å². The van der Waals surface area contributed by atoms with E-state index in [-0.39, 0.29) is 42.8 Å². The van der Waals surface area contributed by atoms with Gasteiger partial charge in [-0.3, -0.25) is 19.8 Å². The minimum absolute atomic E-state index is 0.0204. The van der Waals surface area contributed by atoms with Crippen molar-refractivity contribution >= 4 is 23.7 Å². The predicted molar refractivity (Wildman–Crippen MR) is 154 cm³/mol. The Bertz CT molecular complexity index is 925. The summed E-state index contributed by atoms with van der Waals surface area (Å²) in [6.45, 7) is 13.0. The second-order valence-corrected chi connectivity index (χ2v) is 11.8. The summed E-state index contributed by atoms with van der Waals surface area (Å²) in [5, 5.41) is 0. The highest BCUT2D eigenvalue weighted by atomic mass is 16.8. The fraction of sp³-hybridized carbons (Fsp3) is 0.645. The zero-order valence-electron chi connectivity index (χ0n) is 24.6. The number of hydroxylamine groups is 1. The fourth-order valence-corrected chi connectivity index (χ4v) is 4.91. The fourth-order valence-electron chi connectivity index (χ4n) is 4.91. The summed E-state index contributed by atoms with van der Waals surface area (Å²) in [5.41, 5.74) is 7.70. The van der Waals surface area contributed by atoms with Crippen LogP contribution in [0.4, 0.5) is 0 Å². The van der Waals surface area contributed by atoms with E-state index < -0.39 is 29.4 Å². The largest absolute Gasteiger partial charge is 0.350 e. The Kier molecular flexibility index (Phi) is 13.8. The molecule has 0 spiro atoms. The molecule has 1 fully saturated rings. The molecule has 0 aromatic heterocycles. The van der Waals surface area contributed by atoms with Gasteiger partial charge in [0.25, 0.3) is 0 Å². The molecule has 2 rings (SSSR count). The van der Waals surface area contributed by atoms with Gasteiger partial charge in [-0.15, -0.1) is 0 Å². The van der Waals surface area contributed by atoms with Gasteiger partial charge in [0.2, 0.25) is 11.8 Å².